The number of para-hydroxylation sites is 1. The Hall–Kier alpha value is -2.69. The van der Waals surface area contributed by atoms with Gasteiger partial charge in [-0.1, -0.05) is 89.8 Å². The van der Waals surface area contributed by atoms with Crippen molar-refractivity contribution in [1.82, 2.24) is 10.2 Å². The SMILES string of the molecule is CS(=O)(=O)N(CC(=O)N(Cc1cccc(Br)c1)C(Cc1ccccc1)C(=O)NC1CCCCC1)c1ccccc1Br. The molecule has 218 valence electrons. The minimum Gasteiger partial charge on any atom is -0.352 e. The Morgan fingerprint density at radius 2 is 1.56 bits per heavy atom. The molecule has 1 saturated carbocycles. The molecular formula is C31H35Br2N3O4S. The fourth-order valence-electron chi connectivity index (χ4n) is 5.18. The molecule has 0 aromatic heterocycles. The Morgan fingerprint density at radius 1 is 0.902 bits per heavy atom. The molecule has 2 amide bonds. The van der Waals surface area contributed by atoms with Gasteiger partial charge in [-0.25, -0.2) is 8.42 Å². The summed E-state index contributed by atoms with van der Waals surface area (Å²) in [5.74, 6) is -0.693. The van der Waals surface area contributed by atoms with E-state index in [1.807, 2.05) is 54.6 Å². The van der Waals surface area contributed by atoms with Gasteiger partial charge in [-0.05, 0) is 64.2 Å². The number of hydrogen-bond donors (Lipinski definition) is 1. The van der Waals surface area contributed by atoms with Gasteiger partial charge in [0.25, 0.3) is 0 Å². The van der Waals surface area contributed by atoms with Crippen LogP contribution in [0.2, 0.25) is 0 Å². The number of halogens is 2. The third-order valence-corrected chi connectivity index (χ3v) is 9.56. The van der Waals surface area contributed by atoms with Gasteiger partial charge in [-0.3, -0.25) is 13.9 Å². The summed E-state index contributed by atoms with van der Waals surface area (Å²) in [5, 5.41) is 3.21. The molecule has 4 rings (SSSR count). The minimum atomic E-state index is -3.83. The van der Waals surface area contributed by atoms with Gasteiger partial charge in [0.15, 0.2) is 0 Å². The van der Waals surface area contributed by atoms with Crippen LogP contribution in [0.1, 0.15) is 43.2 Å². The quantitative estimate of drug-likeness (QED) is 0.263. The number of hydrogen-bond acceptors (Lipinski definition) is 4. The Kier molecular flexibility index (Phi) is 11.0. The van der Waals surface area contributed by atoms with E-state index in [2.05, 4.69) is 37.2 Å². The second kappa shape index (κ2) is 14.5. The molecule has 0 aliphatic heterocycles. The Morgan fingerprint density at radius 3 is 2.22 bits per heavy atom. The normalized spacial score (nSPS) is 14.7. The van der Waals surface area contributed by atoms with E-state index in [1.54, 1.807) is 24.3 Å². The lowest BCUT2D eigenvalue weighted by Crippen LogP contribution is -2.55. The number of amides is 2. The molecule has 41 heavy (non-hydrogen) atoms. The van der Waals surface area contributed by atoms with E-state index in [1.165, 1.54) is 4.90 Å². The number of nitrogens with zero attached hydrogens (tertiary/aromatic N) is 2. The van der Waals surface area contributed by atoms with Gasteiger partial charge in [-0.2, -0.15) is 0 Å². The second-order valence-electron chi connectivity index (χ2n) is 10.4. The number of rotatable bonds is 11. The first-order chi connectivity index (χ1) is 19.6. The van der Waals surface area contributed by atoms with Crippen LogP contribution in [-0.2, 0) is 32.6 Å². The molecule has 1 aliphatic rings. The summed E-state index contributed by atoms with van der Waals surface area (Å²) >= 11 is 6.93. The van der Waals surface area contributed by atoms with Crippen molar-refractivity contribution >= 4 is 59.4 Å². The molecule has 0 saturated heterocycles. The standard InChI is InChI=1S/C31H35Br2N3O4S/c1-41(39,40)36(28-18-9-8-17-27(28)33)22-30(37)35(21-24-13-10-14-25(32)19-24)29(20-23-11-4-2-5-12-23)31(38)34-26-15-6-3-7-16-26/h2,4-5,8-14,17-19,26,29H,3,6-7,15-16,20-22H2,1H3,(H,34,38). The Labute approximate surface area is 259 Å². The molecule has 1 N–H and O–H groups in total. The predicted molar refractivity (Wildman–Crippen MR) is 170 cm³/mol. The average Bonchev–Trinajstić information content (AvgIpc) is 2.94. The summed E-state index contributed by atoms with van der Waals surface area (Å²) in [6, 6.07) is 23.3. The van der Waals surface area contributed by atoms with E-state index in [9.17, 15) is 18.0 Å². The fourth-order valence-corrected chi connectivity index (χ4v) is 7.10. The van der Waals surface area contributed by atoms with Crippen molar-refractivity contribution in [3.8, 4) is 0 Å². The summed E-state index contributed by atoms with van der Waals surface area (Å²) in [4.78, 5) is 29.7. The van der Waals surface area contributed by atoms with Crippen LogP contribution in [-0.4, -0.2) is 50.0 Å². The molecule has 0 radical (unpaired) electrons. The van der Waals surface area contributed by atoms with E-state index in [0.717, 1.165) is 58.3 Å². The van der Waals surface area contributed by atoms with Gasteiger partial charge in [0, 0.05) is 28.0 Å². The zero-order valence-electron chi connectivity index (χ0n) is 23.0. The molecule has 3 aromatic carbocycles. The van der Waals surface area contributed by atoms with Gasteiger partial charge in [0.05, 0.1) is 11.9 Å². The molecule has 7 nitrogen and oxygen atoms in total. The van der Waals surface area contributed by atoms with Crippen LogP contribution in [0.25, 0.3) is 0 Å². The van der Waals surface area contributed by atoms with Crippen LogP contribution in [0.4, 0.5) is 5.69 Å². The van der Waals surface area contributed by atoms with Crippen molar-refractivity contribution in [2.45, 2.75) is 57.2 Å². The predicted octanol–water partition coefficient (Wildman–Crippen LogP) is 6.07. The highest BCUT2D eigenvalue weighted by atomic mass is 79.9. The van der Waals surface area contributed by atoms with Crippen LogP contribution in [0.15, 0.2) is 87.8 Å². The van der Waals surface area contributed by atoms with Crippen LogP contribution >= 0.6 is 31.9 Å². The van der Waals surface area contributed by atoms with Gasteiger partial charge >= 0.3 is 0 Å². The lowest BCUT2D eigenvalue weighted by Gasteiger charge is -2.35. The topological polar surface area (TPSA) is 86.8 Å². The lowest BCUT2D eigenvalue weighted by molar-refractivity contribution is -0.140. The molecular weight excluding hydrogens is 670 g/mol. The number of benzene rings is 3. The third kappa shape index (κ3) is 8.90. The van der Waals surface area contributed by atoms with Gasteiger partial charge in [0.2, 0.25) is 21.8 Å². The van der Waals surface area contributed by atoms with Crippen molar-refractivity contribution in [2.75, 3.05) is 17.1 Å². The summed E-state index contributed by atoms with van der Waals surface area (Å²) in [7, 11) is -3.83. The molecule has 1 fully saturated rings. The smallest absolute Gasteiger partial charge is 0.244 e. The highest BCUT2D eigenvalue weighted by Crippen LogP contribution is 2.28. The largest absolute Gasteiger partial charge is 0.352 e. The summed E-state index contributed by atoms with van der Waals surface area (Å²) in [5.41, 5.74) is 2.09. The van der Waals surface area contributed by atoms with E-state index < -0.39 is 28.5 Å². The van der Waals surface area contributed by atoms with Crippen LogP contribution in [0, 0.1) is 0 Å². The third-order valence-electron chi connectivity index (χ3n) is 7.26. The average molecular weight is 706 g/mol. The number of nitrogens with one attached hydrogen (secondary N) is 1. The zero-order chi connectivity index (χ0) is 29.4. The van der Waals surface area contributed by atoms with Crippen molar-refractivity contribution in [3.05, 3.63) is 98.9 Å². The number of sulfonamides is 1. The monoisotopic (exact) mass is 703 g/mol. The fraction of sp³-hybridized carbons (Fsp3) is 0.355. The second-order valence-corrected chi connectivity index (χ2v) is 14.1. The van der Waals surface area contributed by atoms with E-state index in [-0.39, 0.29) is 18.5 Å². The van der Waals surface area contributed by atoms with E-state index in [0.29, 0.717) is 16.6 Å². The van der Waals surface area contributed by atoms with Crippen LogP contribution < -0.4 is 9.62 Å². The number of anilines is 1. The highest BCUT2D eigenvalue weighted by Gasteiger charge is 2.34. The maximum Gasteiger partial charge on any atom is 0.244 e. The first-order valence-corrected chi connectivity index (χ1v) is 17.2. The van der Waals surface area contributed by atoms with Crippen molar-refractivity contribution < 1.29 is 18.0 Å². The number of carbonyl (C=O) groups excluding carboxylic acids is 2. The van der Waals surface area contributed by atoms with Gasteiger partial charge < -0.3 is 10.2 Å². The van der Waals surface area contributed by atoms with Crippen LogP contribution in [0.3, 0.4) is 0 Å². The maximum absolute atomic E-state index is 14.2. The van der Waals surface area contributed by atoms with Crippen molar-refractivity contribution in [3.63, 3.8) is 0 Å². The van der Waals surface area contributed by atoms with Crippen LogP contribution in [0.5, 0.6) is 0 Å². The number of carbonyl (C=O) groups is 2. The molecule has 0 bridgehead atoms. The Bertz CT molecular complexity index is 1450. The zero-order valence-corrected chi connectivity index (χ0v) is 27.0. The summed E-state index contributed by atoms with van der Waals surface area (Å²) in [6.45, 7) is -0.307. The molecule has 10 heteroatoms. The highest BCUT2D eigenvalue weighted by molar-refractivity contribution is 9.10. The molecule has 3 aromatic rings. The minimum absolute atomic E-state index is 0.0603. The maximum atomic E-state index is 14.2. The molecule has 1 aliphatic carbocycles. The molecule has 1 atom stereocenters. The van der Waals surface area contributed by atoms with E-state index >= 15 is 0 Å². The van der Waals surface area contributed by atoms with Crippen molar-refractivity contribution in [2.24, 2.45) is 0 Å². The summed E-state index contributed by atoms with van der Waals surface area (Å²) in [6.07, 6.45) is 6.47. The molecule has 1 unspecified atom stereocenters. The molecule has 0 heterocycles. The molecule has 0 spiro atoms. The summed E-state index contributed by atoms with van der Waals surface area (Å²) < 4.78 is 28.4. The first-order valence-electron chi connectivity index (χ1n) is 13.7. The van der Waals surface area contributed by atoms with Crippen molar-refractivity contribution in [1.29, 1.82) is 0 Å². The first kappa shape index (κ1) is 31.3. The van der Waals surface area contributed by atoms with E-state index in [4.69, 9.17) is 0 Å². The van der Waals surface area contributed by atoms with Gasteiger partial charge in [0.1, 0.15) is 12.6 Å². The lowest BCUT2D eigenvalue weighted by atomic mass is 9.94. The van der Waals surface area contributed by atoms with Gasteiger partial charge in [-0.15, -0.1) is 0 Å². The Balaban J connectivity index is 1.73.